The molecule has 0 aliphatic carbocycles. The first-order chi connectivity index (χ1) is 8.00. The molecular weight excluding hydrogens is 212 g/mol. The van der Waals surface area contributed by atoms with Crippen molar-refractivity contribution in [1.82, 2.24) is 14.8 Å². The summed E-state index contributed by atoms with van der Waals surface area (Å²) in [5.41, 5.74) is 10.3. The maximum Gasteiger partial charge on any atom is 0.153 e. The minimum atomic E-state index is 0.00909. The van der Waals surface area contributed by atoms with Gasteiger partial charge in [-0.25, -0.2) is 9.67 Å². The fourth-order valence-electron chi connectivity index (χ4n) is 1.78. The van der Waals surface area contributed by atoms with Gasteiger partial charge in [0.1, 0.15) is 0 Å². The van der Waals surface area contributed by atoms with Crippen LogP contribution in [0.3, 0.4) is 0 Å². The number of rotatable bonds is 2. The van der Waals surface area contributed by atoms with Crippen molar-refractivity contribution in [1.29, 1.82) is 0 Å². The summed E-state index contributed by atoms with van der Waals surface area (Å²) in [6.07, 6.45) is 1.78. The third kappa shape index (κ3) is 2.08. The molecule has 2 heterocycles. The molecule has 2 aromatic heterocycles. The van der Waals surface area contributed by atoms with E-state index in [1.165, 1.54) is 5.56 Å². The highest BCUT2D eigenvalue weighted by Crippen LogP contribution is 2.17. The van der Waals surface area contributed by atoms with Gasteiger partial charge in [-0.1, -0.05) is 0 Å². The van der Waals surface area contributed by atoms with E-state index in [4.69, 9.17) is 5.73 Å². The zero-order valence-electron chi connectivity index (χ0n) is 10.7. The predicted octanol–water partition coefficient (Wildman–Crippen LogP) is 2.21. The van der Waals surface area contributed by atoms with E-state index in [0.717, 1.165) is 22.8 Å². The Hall–Kier alpha value is -1.68. The predicted molar refractivity (Wildman–Crippen MR) is 68.2 cm³/mol. The summed E-state index contributed by atoms with van der Waals surface area (Å²) in [5.74, 6) is 0.827. The molecule has 0 radical (unpaired) electrons. The van der Waals surface area contributed by atoms with Crippen LogP contribution in [0, 0.1) is 20.8 Å². The van der Waals surface area contributed by atoms with Gasteiger partial charge in [-0.2, -0.15) is 5.10 Å². The van der Waals surface area contributed by atoms with Crippen molar-refractivity contribution in [2.45, 2.75) is 33.7 Å². The van der Waals surface area contributed by atoms with Crippen LogP contribution in [0.5, 0.6) is 0 Å². The molecule has 0 aliphatic rings. The first-order valence-corrected chi connectivity index (χ1v) is 5.75. The van der Waals surface area contributed by atoms with Crippen molar-refractivity contribution in [3.63, 3.8) is 0 Å². The fourth-order valence-corrected chi connectivity index (χ4v) is 1.78. The largest absolute Gasteiger partial charge is 0.324 e. The molecule has 0 unspecified atom stereocenters. The molecule has 0 bridgehead atoms. The molecule has 0 saturated heterocycles. The Morgan fingerprint density at radius 1 is 1.29 bits per heavy atom. The quantitative estimate of drug-likeness (QED) is 0.860. The smallest absolute Gasteiger partial charge is 0.153 e. The van der Waals surface area contributed by atoms with Crippen molar-refractivity contribution >= 4 is 0 Å². The lowest BCUT2D eigenvalue weighted by Crippen LogP contribution is -2.08. The van der Waals surface area contributed by atoms with E-state index in [0.29, 0.717) is 0 Å². The number of hydrogen-bond acceptors (Lipinski definition) is 3. The number of pyridine rings is 1. The molecule has 0 saturated carbocycles. The highest BCUT2D eigenvalue weighted by molar-refractivity contribution is 5.34. The third-order valence-corrected chi connectivity index (χ3v) is 3.17. The Bertz CT molecular complexity index is 540. The summed E-state index contributed by atoms with van der Waals surface area (Å²) < 4.78 is 1.87. The van der Waals surface area contributed by atoms with Crippen LogP contribution in [-0.2, 0) is 0 Å². The van der Waals surface area contributed by atoms with Crippen molar-refractivity contribution < 1.29 is 0 Å². The normalized spacial score (nSPS) is 12.8. The Morgan fingerprint density at radius 2 is 2.00 bits per heavy atom. The molecule has 4 heteroatoms. The van der Waals surface area contributed by atoms with E-state index in [-0.39, 0.29) is 6.04 Å². The maximum absolute atomic E-state index is 5.88. The topological polar surface area (TPSA) is 56.7 Å². The van der Waals surface area contributed by atoms with Gasteiger partial charge < -0.3 is 5.73 Å². The van der Waals surface area contributed by atoms with Gasteiger partial charge in [-0.05, 0) is 51.0 Å². The molecular formula is C13H18N4. The molecule has 2 N–H and O–H groups in total. The van der Waals surface area contributed by atoms with Crippen molar-refractivity contribution in [3.05, 3.63) is 40.8 Å². The van der Waals surface area contributed by atoms with E-state index in [1.54, 1.807) is 6.20 Å². The minimum absolute atomic E-state index is 0.00909. The van der Waals surface area contributed by atoms with Crippen molar-refractivity contribution in [3.8, 4) is 5.82 Å². The number of aryl methyl sites for hydroxylation is 1. The zero-order chi connectivity index (χ0) is 12.6. The molecule has 2 rings (SSSR count). The SMILES string of the molecule is Cc1nn(-c2cc([C@H](C)N)ccn2)c(C)c1C. The molecule has 2 aromatic rings. The van der Waals surface area contributed by atoms with Crippen molar-refractivity contribution in [2.75, 3.05) is 0 Å². The molecule has 17 heavy (non-hydrogen) atoms. The van der Waals surface area contributed by atoms with Crippen LogP contribution in [-0.4, -0.2) is 14.8 Å². The van der Waals surface area contributed by atoms with E-state index < -0.39 is 0 Å². The van der Waals surface area contributed by atoms with Crippen LogP contribution in [0.1, 0.15) is 35.5 Å². The highest BCUT2D eigenvalue weighted by Gasteiger charge is 2.10. The average molecular weight is 230 g/mol. The summed E-state index contributed by atoms with van der Waals surface area (Å²) in [7, 11) is 0. The molecule has 0 spiro atoms. The third-order valence-electron chi connectivity index (χ3n) is 3.17. The summed E-state index contributed by atoms with van der Waals surface area (Å²) in [4.78, 5) is 4.35. The first-order valence-electron chi connectivity index (χ1n) is 5.75. The van der Waals surface area contributed by atoms with E-state index >= 15 is 0 Å². The lowest BCUT2D eigenvalue weighted by Gasteiger charge is -2.08. The molecule has 0 aromatic carbocycles. The minimum Gasteiger partial charge on any atom is -0.324 e. The van der Waals surface area contributed by atoms with Gasteiger partial charge in [0.05, 0.1) is 5.69 Å². The maximum atomic E-state index is 5.88. The van der Waals surface area contributed by atoms with Crippen LogP contribution in [0.4, 0.5) is 0 Å². The number of nitrogens with zero attached hydrogens (tertiary/aromatic N) is 3. The van der Waals surface area contributed by atoms with Gasteiger partial charge in [-0.15, -0.1) is 0 Å². The second-order valence-corrected chi connectivity index (χ2v) is 4.44. The second-order valence-electron chi connectivity index (χ2n) is 4.44. The molecule has 0 amide bonds. The molecule has 0 fully saturated rings. The number of nitrogens with two attached hydrogens (primary N) is 1. The Balaban J connectivity index is 2.53. The van der Waals surface area contributed by atoms with Crippen LogP contribution in [0.25, 0.3) is 5.82 Å². The Labute approximate surface area is 101 Å². The Morgan fingerprint density at radius 3 is 2.53 bits per heavy atom. The van der Waals surface area contributed by atoms with E-state index in [1.807, 2.05) is 30.7 Å². The zero-order valence-corrected chi connectivity index (χ0v) is 10.7. The van der Waals surface area contributed by atoms with Crippen LogP contribution < -0.4 is 5.73 Å². The van der Waals surface area contributed by atoms with Gasteiger partial charge in [0.2, 0.25) is 0 Å². The summed E-state index contributed by atoms with van der Waals surface area (Å²) in [5, 5.41) is 4.49. The standard InChI is InChI=1S/C13H18N4/c1-8-10(3)16-17(11(8)4)13-7-12(9(2)14)5-6-15-13/h5-7,9H,14H2,1-4H3/t9-/m0/s1. The van der Waals surface area contributed by atoms with Gasteiger partial charge in [0, 0.05) is 17.9 Å². The second kappa shape index (κ2) is 4.30. The molecule has 4 nitrogen and oxygen atoms in total. The van der Waals surface area contributed by atoms with E-state index in [2.05, 4.69) is 23.9 Å². The van der Waals surface area contributed by atoms with Crippen LogP contribution in [0.15, 0.2) is 18.3 Å². The number of hydrogen-bond donors (Lipinski definition) is 1. The van der Waals surface area contributed by atoms with Gasteiger partial charge in [-0.3, -0.25) is 0 Å². The summed E-state index contributed by atoms with van der Waals surface area (Å²) in [6, 6.07) is 3.94. The lowest BCUT2D eigenvalue weighted by molar-refractivity contribution is 0.780. The highest BCUT2D eigenvalue weighted by atomic mass is 15.3. The van der Waals surface area contributed by atoms with E-state index in [9.17, 15) is 0 Å². The average Bonchev–Trinajstić information content (AvgIpc) is 2.57. The lowest BCUT2D eigenvalue weighted by atomic mass is 10.1. The summed E-state index contributed by atoms with van der Waals surface area (Å²) >= 11 is 0. The van der Waals surface area contributed by atoms with Crippen LogP contribution in [0.2, 0.25) is 0 Å². The molecule has 90 valence electrons. The fraction of sp³-hybridized carbons (Fsp3) is 0.385. The molecule has 0 aliphatic heterocycles. The molecule has 1 atom stereocenters. The number of aromatic nitrogens is 3. The van der Waals surface area contributed by atoms with Gasteiger partial charge in [0.25, 0.3) is 0 Å². The first kappa shape index (κ1) is 11.8. The van der Waals surface area contributed by atoms with Crippen LogP contribution >= 0.6 is 0 Å². The van der Waals surface area contributed by atoms with Crippen molar-refractivity contribution in [2.24, 2.45) is 5.73 Å². The van der Waals surface area contributed by atoms with Gasteiger partial charge in [0.15, 0.2) is 5.82 Å². The summed E-state index contributed by atoms with van der Waals surface area (Å²) in [6.45, 7) is 8.10. The van der Waals surface area contributed by atoms with Gasteiger partial charge >= 0.3 is 0 Å². The monoisotopic (exact) mass is 230 g/mol. The Kier molecular flexibility index (Phi) is 2.98.